The second-order valence-electron chi connectivity index (χ2n) is 7.47. The summed E-state index contributed by atoms with van der Waals surface area (Å²) in [7, 11) is 3.86. The summed E-state index contributed by atoms with van der Waals surface area (Å²) >= 11 is 2.25. The number of aliphatic imine (C=N–C) groups is 1. The van der Waals surface area contributed by atoms with E-state index in [-0.39, 0.29) is 0 Å². The molecule has 3 aromatic rings. The van der Waals surface area contributed by atoms with E-state index in [0.717, 1.165) is 34.6 Å². The van der Waals surface area contributed by atoms with Crippen LogP contribution in [0.15, 0.2) is 121 Å². The molecule has 0 amide bonds. The molecule has 32 heavy (non-hydrogen) atoms. The number of nitrogens with zero attached hydrogens (tertiary/aromatic N) is 3. The van der Waals surface area contributed by atoms with Crippen molar-refractivity contribution in [1.82, 2.24) is 8.01 Å². The molecule has 0 aliphatic rings. The quantitative estimate of drug-likeness (QED) is 0.0771. The van der Waals surface area contributed by atoms with Crippen molar-refractivity contribution in [3.8, 4) is 0 Å². The van der Waals surface area contributed by atoms with Gasteiger partial charge in [-0.15, -0.1) is 0 Å². The highest BCUT2D eigenvalue weighted by Crippen LogP contribution is 2.44. The summed E-state index contributed by atoms with van der Waals surface area (Å²) in [6, 6.07) is 31.9. The lowest BCUT2D eigenvalue weighted by Crippen LogP contribution is -2.50. The predicted molar refractivity (Wildman–Crippen MR) is 145 cm³/mol. The van der Waals surface area contributed by atoms with Gasteiger partial charge in [0.2, 0.25) is 0 Å². The Morgan fingerprint density at radius 2 is 1.28 bits per heavy atom. The normalized spacial score (nSPS) is 12.1. The van der Waals surface area contributed by atoms with Crippen LogP contribution in [0.1, 0.15) is 30.0 Å². The number of halogens is 1. The topological polar surface area (TPSA) is 18.8 Å². The second-order valence-corrected chi connectivity index (χ2v) is 8.99. The average Bonchev–Trinajstić information content (AvgIpc) is 2.84. The maximum Gasteiger partial charge on any atom is 0.122 e. The van der Waals surface area contributed by atoms with Crippen LogP contribution in [0.2, 0.25) is 0 Å². The first-order valence-electron chi connectivity index (χ1n) is 10.7. The fourth-order valence-corrected chi connectivity index (χ4v) is 4.34. The van der Waals surface area contributed by atoms with Gasteiger partial charge in [0.1, 0.15) is 11.4 Å². The maximum atomic E-state index is 4.73. The van der Waals surface area contributed by atoms with E-state index in [1.807, 2.05) is 23.4 Å². The molecule has 3 rings (SSSR count). The van der Waals surface area contributed by atoms with Crippen molar-refractivity contribution in [3.05, 3.63) is 132 Å². The first-order chi connectivity index (χ1) is 15.6. The number of hydrogen-bond donors (Lipinski definition) is 0. The van der Waals surface area contributed by atoms with E-state index < -0.39 is 5.54 Å². The lowest BCUT2D eigenvalue weighted by molar-refractivity contribution is 0.328. The lowest BCUT2D eigenvalue weighted by Gasteiger charge is -2.47. The van der Waals surface area contributed by atoms with Gasteiger partial charge in [0.05, 0.1) is 22.9 Å². The highest BCUT2D eigenvalue weighted by atomic mass is 127. The van der Waals surface area contributed by atoms with Gasteiger partial charge in [-0.25, -0.2) is 0 Å². The fraction of sp³-hybridized carbons (Fsp3) is 0.179. The van der Waals surface area contributed by atoms with Crippen molar-refractivity contribution in [2.75, 3.05) is 14.1 Å². The first-order valence-corrected chi connectivity index (χ1v) is 11.7. The third-order valence-corrected chi connectivity index (χ3v) is 5.82. The average molecular weight is 535 g/mol. The maximum absolute atomic E-state index is 4.73. The molecule has 0 fully saturated rings. The Morgan fingerprint density at radius 3 is 1.59 bits per heavy atom. The van der Waals surface area contributed by atoms with E-state index in [4.69, 9.17) is 4.99 Å². The molecular weight excluding hydrogens is 505 g/mol. The summed E-state index contributed by atoms with van der Waals surface area (Å²) in [5, 5.41) is 0. The van der Waals surface area contributed by atoms with Gasteiger partial charge in [-0.05, 0) is 22.8 Å². The highest BCUT2D eigenvalue weighted by Gasteiger charge is 2.44. The molecule has 0 aliphatic heterocycles. The summed E-state index contributed by atoms with van der Waals surface area (Å²) in [6.45, 7) is 6.66. The minimum absolute atomic E-state index is 0.639. The van der Waals surface area contributed by atoms with Gasteiger partial charge < -0.3 is 8.01 Å². The molecule has 0 aliphatic carbocycles. The Labute approximate surface area is 206 Å². The molecule has 0 spiro atoms. The Hall–Kier alpha value is -2.86. The summed E-state index contributed by atoms with van der Waals surface area (Å²) in [6.07, 6.45) is 4.85. The van der Waals surface area contributed by atoms with Gasteiger partial charge in [0, 0.05) is 32.4 Å². The van der Waals surface area contributed by atoms with Crippen LogP contribution in [0.4, 0.5) is 0 Å². The zero-order chi connectivity index (χ0) is 23.0. The third-order valence-electron chi connectivity index (χ3n) is 5.50. The van der Waals surface area contributed by atoms with Crippen LogP contribution >= 0.6 is 22.9 Å². The second kappa shape index (κ2) is 11.1. The van der Waals surface area contributed by atoms with E-state index in [1.165, 1.54) is 0 Å². The molecular formula is C28H30IN3. The van der Waals surface area contributed by atoms with E-state index >= 15 is 0 Å². The molecule has 164 valence electrons. The van der Waals surface area contributed by atoms with Gasteiger partial charge in [-0.2, -0.15) is 0 Å². The van der Waals surface area contributed by atoms with Crippen LogP contribution in [0.3, 0.4) is 0 Å². The molecule has 3 nitrogen and oxygen atoms in total. The fourth-order valence-electron chi connectivity index (χ4n) is 4.18. The van der Waals surface area contributed by atoms with Crippen LogP contribution in [0, 0.1) is 0 Å². The minimum Gasteiger partial charge on any atom is -0.325 e. The van der Waals surface area contributed by atoms with Gasteiger partial charge in [-0.3, -0.25) is 4.99 Å². The third kappa shape index (κ3) is 4.80. The van der Waals surface area contributed by atoms with E-state index in [0.29, 0.717) is 0 Å². The molecule has 0 radical (unpaired) electrons. The number of benzene rings is 3. The summed E-state index contributed by atoms with van der Waals surface area (Å²) in [5.74, 6) is 0.965. The standard InChI is InChI=1S/C28H30IN3/c1-5-27(30-3)32(23(2)21-22-31(4)29)28(24-15-9-6-10-16-24,25-17-11-7-12-18-25)26-19-13-8-14-20-26/h6-22H,2,5H2,1,3-4H3/b22-21-,30-27+. The molecule has 0 saturated carbocycles. The van der Waals surface area contributed by atoms with Gasteiger partial charge in [0.25, 0.3) is 0 Å². The van der Waals surface area contributed by atoms with Crippen LogP contribution in [0.25, 0.3) is 0 Å². The minimum atomic E-state index is -0.639. The largest absolute Gasteiger partial charge is 0.325 e. The van der Waals surface area contributed by atoms with Crippen molar-refractivity contribution < 1.29 is 0 Å². The van der Waals surface area contributed by atoms with Gasteiger partial charge >= 0.3 is 0 Å². The number of allylic oxidation sites excluding steroid dienone is 1. The summed E-state index contributed by atoms with van der Waals surface area (Å²) < 4.78 is 1.99. The smallest absolute Gasteiger partial charge is 0.122 e. The van der Waals surface area contributed by atoms with Gasteiger partial charge in [-0.1, -0.05) is 104 Å². The number of rotatable bonds is 8. The molecule has 0 N–H and O–H groups in total. The lowest BCUT2D eigenvalue weighted by atomic mass is 9.75. The van der Waals surface area contributed by atoms with Crippen molar-refractivity contribution in [2.24, 2.45) is 4.99 Å². The molecule has 0 unspecified atom stereocenters. The molecule has 0 bridgehead atoms. The number of amidine groups is 1. The first kappa shape index (κ1) is 23.8. The zero-order valence-electron chi connectivity index (χ0n) is 18.9. The van der Waals surface area contributed by atoms with Gasteiger partial charge in [0.15, 0.2) is 0 Å². The van der Waals surface area contributed by atoms with Crippen LogP contribution in [-0.2, 0) is 5.54 Å². The molecule has 0 aromatic heterocycles. The summed E-state index contributed by atoms with van der Waals surface area (Å²) in [4.78, 5) is 7.03. The van der Waals surface area contributed by atoms with Crippen LogP contribution in [0.5, 0.6) is 0 Å². The molecule has 0 atom stereocenters. The van der Waals surface area contributed by atoms with Crippen molar-refractivity contribution >= 4 is 28.7 Å². The van der Waals surface area contributed by atoms with E-state index in [2.05, 4.69) is 138 Å². The Kier molecular flexibility index (Phi) is 8.28. The van der Waals surface area contributed by atoms with Crippen LogP contribution in [-0.4, -0.2) is 27.9 Å². The van der Waals surface area contributed by atoms with E-state index in [1.54, 1.807) is 0 Å². The Morgan fingerprint density at radius 1 is 0.875 bits per heavy atom. The predicted octanol–water partition coefficient (Wildman–Crippen LogP) is 7.03. The van der Waals surface area contributed by atoms with Crippen molar-refractivity contribution in [2.45, 2.75) is 18.9 Å². The SMILES string of the molecule is C=C(/C=C\N(C)I)N(/C(CC)=N/C)C(c1ccccc1)(c1ccccc1)c1ccccc1. The zero-order valence-corrected chi connectivity index (χ0v) is 21.1. The van der Waals surface area contributed by atoms with Crippen LogP contribution < -0.4 is 0 Å². The van der Waals surface area contributed by atoms with Crippen molar-refractivity contribution in [1.29, 1.82) is 0 Å². The monoisotopic (exact) mass is 535 g/mol. The Bertz CT molecular complexity index is 961. The van der Waals surface area contributed by atoms with Crippen molar-refractivity contribution in [3.63, 3.8) is 0 Å². The number of hydrogen-bond acceptors (Lipinski definition) is 2. The highest BCUT2D eigenvalue weighted by molar-refractivity contribution is 14.1. The summed E-state index contributed by atoms with van der Waals surface area (Å²) in [5.41, 5.74) is 3.70. The molecule has 0 heterocycles. The molecule has 0 saturated heterocycles. The van der Waals surface area contributed by atoms with E-state index in [9.17, 15) is 0 Å². The Balaban J connectivity index is 2.46. The molecule has 3 aromatic carbocycles. The molecule has 4 heteroatoms.